The second kappa shape index (κ2) is 9.45. The lowest BCUT2D eigenvalue weighted by atomic mass is 10.0. The first-order valence-electron chi connectivity index (χ1n) is 7.01. The first kappa shape index (κ1) is 15.6. The van der Waals surface area contributed by atoms with Gasteiger partial charge in [0.15, 0.2) is 5.78 Å². The predicted molar refractivity (Wildman–Crippen MR) is 77.8 cm³/mol. The number of hydrogen-bond acceptors (Lipinski definition) is 3. The van der Waals surface area contributed by atoms with E-state index in [9.17, 15) is 9.59 Å². The average Bonchev–Trinajstić information content (AvgIpc) is 2.46. The van der Waals surface area contributed by atoms with Gasteiger partial charge in [-0.15, -0.1) is 0 Å². The van der Waals surface area contributed by atoms with E-state index in [1.54, 1.807) is 24.3 Å². The minimum absolute atomic E-state index is 0.174. The molecule has 0 radical (unpaired) electrons. The Morgan fingerprint density at radius 3 is 2.32 bits per heavy atom. The highest BCUT2D eigenvalue weighted by atomic mass is 16.1. The van der Waals surface area contributed by atoms with Crippen molar-refractivity contribution < 1.29 is 9.59 Å². The molecule has 0 saturated heterocycles. The summed E-state index contributed by atoms with van der Waals surface area (Å²) < 4.78 is 0. The SMILES string of the molecule is CNCCCCCCCC(=O)c1ccc(C=O)cc1. The fourth-order valence-electron chi connectivity index (χ4n) is 2.01. The summed E-state index contributed by atoms with van der Waals surface area (Å²) >= 11 is 0. The van der Waals surface area contributed by atoms with Gasteiger partial charge in [-0.2, -0.15) is 0 Å². The van der Waals surface area contributed by atoms with Crippen LogP contribution in [0.4, 0.5) is 0 Å². The molecule has 0 saturated carbocycles. The van der Waals surface area contributed by atoms with Gasteiger partial charge in [-0.3, -0.25) is 9.59 Å². The fourth-order valence-corrected chi connectivity index (χ4v) is 2.01. The van der Waals surface area contributed by atoms with Crippen molar-refractivity contribution >= 4 is 12.1 Å². The van der Waals surface area contributed by atoms with E-state index < -0.39 is 0 Å². The topological polar surface area (TPSA) is 46.2 Å². The maximum Gasteiger partial charge on any atom is 0.162 e. The molecule has 1 aromatic carbocycles. The van der Waals surface area contributed by atoms with E-state index in [4.69, 9.17) is 0 Å². The molecule has 0 amide bonds. The van der Waals surface area contributed by atoms with Crippen molar-refractivity contribution in [2.75, 3.05) is 13.6 Å². The van der Waals surface area contributed by atoms with Crippen LogP contribution in [-0.2, 0) is 0 Å². The smallest absolute Gasteiger partial charge is 0.162 e. The number of benzene rings is 1. The van der Waals surface area contributed by atoms with Crippen molar-refractivity contribution in [1.29, 1.82) is 0 Å². The Morgan fingerprint density at radius 1 is 1.05 bits per heavy atom. The van der Waals surface area contributed by atoms with Gasteiger partial charge in [0.1, 0.15) is 6.29 Å². The minimum atomic E-state index is 0.174. The zero-order valence-corrected chi connectivity index (χ0v) is 11.7. The summed E-state index contributed by atoms with van der Waals surface area (Å²) in [7, 11) is 1.97. The van der Waals surface area contributed by atoms with E-state index >= 15 is 0 Å². The monoisotopic (exact) mass is 261 g/mol. The highest BCUT2D eigenvalue weighted by molar-refractivity contribution is 5.96. The van der Waals surface area contributed by atoms with Crippen molar-refractivity contribution in [3.63, 3.8) is 0 Å². The van der Waals surface area contributed by atoms with E-state index in [0.29, 0.717) is 17.5 Å². The predicted octanol–water partition coefficient (Wildman–Crippen LogP) is 3.24. The van der Waals surface area contributed by atoms with Crippen molar-refractivity contribution in [2.24, 2.45) is 0 Å². The molecular formula is C16H23NO2. The number of Topliss-reactive ketones (excluding diaryl/α,β-unsaturated/α-hetero) is 1. The Hall–Kier alpha value is -1.48. The van der Waals surface area contributed by atoms with Crippen LogP contribution in [0.25, 0.3) is 0 Å². The molecule has 0 bridgehead atoms. The Bertz CT molecular complexity index is 384. The normalized spacial score (nSPS) is 10.4. The Labute approximate surface area is 115 Å². The summed E-state index contributed by atoms with van der Waals surface area (Å²) in [4.78, 5) is 22.4. The molecule has 1 N–H and O–H groups in total. The van der Waals surface area contributed by atoms with E-state index in [2.05, 4.69) is 5.32 Å². The summed E-state index contributed by atoms with van der Waals surface area (Å²) in [6, 6.07) is 6.86. The zero-order chi connectivity index (χ0) is 13.9. The number of hydrogen-bond donors (Lipinski definition) is 1. The quantitative estimate of drug-likeness (QED) is 0.399. The number of unbranched alkanes of at least 4 members (excludes halogenated alkanes) is 4. The van der Waals surface area contributed by atoms with Gasteiger partial charge in [0.05, 0.1) is 0 Å². The van der Waals surface area contributed by atoms with Crippen LogP contribution in [0.15, 0.2) is 24.3 Å². The van der Waals surface area contributed by atoms with Gasteiger partial charge in [-0.05, 0) is 26.4 Å². The highest BCUT2D eigenvalue weighted by Crippen LogP contribution is 2.10. The van der Waals surface area contributed by atoms with Crippen LogP contribution in [0.1, 0.15) is 59.2 Å². The molecule has 0 fully saturated rings. The third kappa shape index (κ3) is 6.30. The standard InChI is InChI=1S/C16H23NO2/c1-17-12-6-4-2-3-5-7-16(19)15-10-8-14(13-18)9-11-15/h8-11,13,17H,2-7,12H2,1H3. The first-order valence-corrected chi connectivity index (χ1v) is 7.01. The maximum absolute atomic E-state index is 11.9. The van der Waals surface area contributed by atoms with Crippen molar-refractivity contribution in [1.82, 2.24) is 5.32 Å². The lowest BCUT2D eigenvalue weighted by Gasteiger charge is -2.02. The number of rotatable bonds is 10. The molecule has 19 heavy (non-hydrogen) atoms. The van der Waals surface area contributed by atoms with Gasteiger partial charge >= 0.3 is 0 Å². The molecule has 0 unspecified atom stereocenters. The van der Waals surface area contributed by atoms with Crippen LogP contribution in [0.5, 0.6) is 0 Å². The van der Waals surface area contributed by atoms with Crippen molar-refractivity contribution in [3.05, 3.63) is 35.4 Å². The largest absolute Gasteiger partial charge is 0.320 e. The number of carbonyl (C=O) groups excluding carboxylic acids is 2. The third-order valence-electron chi connectivity index (χ3n) is 3.20. The minimum Gasteiger partial charge on any atom is -0.320 e. The van der Waals surface area contributed by atoms with E-state index in [0.717, 1.165) is 25.7 Å². The Kier molecular flexibility index (Phi) is 7.75. The molecule has 0 aromatic heterocycles. The van der Waals surface area contributed by atoms with Crippen LogP contribution in [0.2, 0.25) is 0 Å². The zero-order valence-electron chi connectivity index (χ0n) is 11.7. The molecule has 3 nitrogen and oxygen atoms in total. The Balaban J connectivity index is 2.18. The molecule has 0 aliphatic carbocycles. The maximum atomic E-state index is 11.9. The summed E-state index contributed by atoms with van der Waals surface area (Å²) in [6.07, 6.45) is 7.08. The van der Waals surface area contributed by atoms with Crippen molar-refractivity contribution in [3.8, 4) is 0 Å². The fraction of sp³-hybridized carbons (Fsp3) is 0.500. The average molecular weight is 261 g/mol. The molecule has 0 aliphatic heterocycles. The number of carbonyl (C=O) groups is 2. The molecule has 104 valence electrons. The number of nitrogens with one attached hydrogen (secondary N) is 1. The molecule has 0 aliphatic rings. The summed E-state index contributed by atoms with van der Waals surface area (Å²) in [6.45, 7) is 1.07. The summed E-state index contributed by atoms with van der Waals surface area (Å²) in [5, 5.41) is 3.13. The van der Waals surface area contributed by atoms with Gasteiger partial charge < -0.3 is 5.32 Å². The van der Waals surface area contributed by atoms with E-state index in [-0.39, 0.29) is 5.78 Å². The molecule has 1 aromatic rings. The summed E-state index contributed by atoms with van der Waals surface area (Å²) in [5.41, 5.74) is 1.32. The number of ketones is 1. The highest BCUT2D eigenvalue weighted by Gasteiger charge is 2.05. The van der Waals surface area contributed by atoms with Gasteiger partial charge in [-0.25, -0.2) is 0 Å². The van der Waals surface area contributed by atoms with Crippen LogP contribution in [0.3, 0.4) is 0 Å². The molecular weight excluding hydrogens is 238 g/mol. The lowest BCUT2D eigenvalue weighted by molar-refractivity contribution is 0.0978. The third-order valence-corrected chi connectivity index (χ3v) is 3.20. The molecule has 0 atom stereocenters. The van der Waals surface area contributed by atoms with Gasteiger partial charge in [-0.1, -0.05) is 43.5 Å². The van der Waals surface area contributed by atoms with Crippen LogP contribution in [-0.4, -0.2) is 25.7 Å². The van der Waals surface area contributed by atoms with E-state index in [1.165, 1.54) is 19.3 Å². The van der Waals surface area contributed by atoms with Crippen LogP contribution in [0, 0.1) is 0 Å². The first-order chi connectivity index (χ1) is 9.27. The van der Waals surface area contributed by atoms with Crippen LogP contribution >= 0.6 is 0 Å². The summed E-state index contributed by atoms with van der Waals surface area (Å²) in [5.74, 6) is 0.174. The van der Waals surface area contributed by atoms with Gasteiger partial charge in [0, 0.05) is 17.5 Å². The number of aldehydes is 1. The Morgan fingerprint density at radius 2 is 1.68 bits per heavy atom. The van der Waals surface area contributed by atoms with E-state index in [1.807, 2.05) is 7.05 Å². The van der Waals surface area contributed by atoms with Gasteiger partial charge in [0.25, 0.3) is 0 Å². The molecule has 0 spiro atoms. The van der Waals surface area contributed by atoms with Crippen molar-refractivity contribution in [2.45, 2.75) is 38.5 Å². The second-order valence-electron chi connectivity index (χ2n) is 4.78. The molecule has 0 heterocycles. The molecule has 1 rings (SSSR count). The lowest BCUT2D eigenvalue weighted by Crippen LogP contribution is -2.06. The second-order valence-corrected chi connectivity index (χ2v) is 4.78. The van der Waals surface area contributed by atoms with Crippen LogP contribution < -0.4 is 5.32 Å². The van der Waals surface area contributed by atoms with Gasteiger partial charge in [0.2, 0.25) is 0 Å². The molecule has 3 heteroatoms.